The molecule has 0 unspecified atom stereocenters. The number of halogens is 1. The van der Waals surface area contributed by atoms with Gasteiger partial charge in [0, 0.05) is 19.0 Å². The fourth-order valence-corrected chi connectivity index (χ4v) is 4.92. The van der Waals surface area contributed by atoms with Gasteiger partial charge in [0.1, 0.15) is 0 Å². The molecule has 1 N–H and O–H groups in total. The number of aryl methyl sites for hydroxylation is 1. The highest BCUT2D eigenvalue weighted by Crippen LogP contribution is 2.27. The van der Waals surface area contributed by atoms with Crippen molar-refractivity contribution in [2.45, 2.75) is 24.7 Å². The van der Waals surface area contributed by atoms with Crippen molar-refractivity contribution in [1.29, 1.82) is 5.26 Å². The van der Waals surface area contributed by atoms with E-state index in [1.807, 2.05) is 19.1 Å². The molecule has 1 aliphatic heterocycles. The van der Waals surface area contributed by atoms with Crippen LogP contribution in [0.15, 0.2) is 47.4 Å². The molecule has 1 saturated heterocycles. The first kappa shape index (κ1) is 20.3. The Morgan fingerprint density at radius 3 is 2.39 bits per heavy atom. The molecule has 0 aliphatic carbocycles. The maximum absolute atomic E-state index is 12.8. The number of amides is 1. The van der Waals surface area contributed by atoms with Crippen LogP contribution in [0.3, 0.4) is 0 Å². The lowest BCUT2D eigenvalue weighted by molar-refractivity contribution is -0.120. The summed E-state index contributed by atoms with van der Waals surface area (Å²) in [5, 5.41) is 12.2. The number of benzene rings is 2. The number of hydrogen-bond acceptors (Lipinski definition) is 4. The minimum atomic E-state index is -3.64. The van der Waals surface area contributed by atoms with Crippen molar-refractivity contribution in [1.82, 2.24) is 4.31 Å². The minimum absolute atomic E-state index is 0.152. The van der Waals surface area contributed by atoms with E-state index in [0.29, 0.717) is 29.1 Å². The van der Waals surface area contributed by atoms with Crippen molar-refractivity contribution >= 4 is 33.2 Å². The Balaban J connectivity index is 1.63. The van der Waals surface area contributed by atoms with Crippen molar-refractivity contribution < 1.29 is 13.2 Å². The standard InChI is InChI=1S/C20H20ClN3O3S/c1-14-2-7-19(18(21)12-14)23-20(25)16-8-10-24(11-9-16)28(26,27)17-5-3-15(13-22)4-6-17/h2-7,12,16H,8-11H2,1H3,(H,23,25). The van der Waals surface area contributed by atoms with Gasteiger partial charge < -0.3 is 5.32 Å². The first-order valence-electron chi connectivity index (χ1n) is 8.88. The number of nitrogens with one attached hydrogen (secondary N) is 1. The highest BCUT2D eigenvalue weighted by molar-refractivity contribution is 7.89. The van der Waals surface area contributed by atoms with Crippen LogP contribution >= 0.6 is 11.6 Å². The van der Waals surface area contributed by atoms with E-state index in [-0.39, 0.29) is 29.8 Å². The first-order valence-corrected chi connectivity index (χ1v) is 10.7. The van der Waals surface area contributed by atoms with Crippen LogP contribution in [0.4, 0.5) is 5.69 Å². The monoisotopic (exact) mass is 417 g/mol. The molecule has 146 valence electrons. The van der Waals surface area contributed by atoms with Gasteiger partial charge in [-0.2, -0.15) is 9.57 Å². The van der Waals surface area contributed by atoms with Gasteiger partial charge >= 0.3 is 0 Å². The second-order valence-electron chi connectivity index (χ2n) is 6.79. The first-order chi connectivity index (χ1) is 13.3. The number of sulfonamides is 1. The average Bonchev–Trinajstić information content (AvgIpc) is 2.70. The van der Waals surface area contributed by atoms with Crippen molar-refractivity contribution in [3.63, 3.8) is 0 Å². The average molecular weight is 418 g/mol. The van der Waals surface area contributed by atoms with E-state index in [2.05, 4.69) is 5.32 Å². The number of hydrogen-bond donors (Lipinski definition) is 1. The molecule has 1 amide bonds. The Labute approximate surface area is 169 Å². The highest BCUT2D eigenvalue weighted by atomic mass is 35.5. The third-order valence-corrected chi connectivity index (χ3v) is 7.05. The van der Waals surface area contributed by atoms with Gasteiger partial charge in [0.15, 0.2) is 0 Å². The van der Waals surface area contributed by atoms with Gasteiger partial charge in [0.2, 0.25) is 15.9 Å². The van der Waals surface area contributed by atoms with Crippen molar-refractivity contribution in [3.05, 3.63) is 58.6 Å². The lowest BCUT2D eigenvalue weighted by Crippen LogP contribution is -2.41. The number of anilines is 1. The molecule has 0 saturated carbocycles. The van der Waals surface area contributed by atoms with E-state index in [9.17, 15) is 13.2 Å². The molecule has 1 fully saturated rings. The van der Waals surface area contributed by atoms with Gasteiger partial charge in [-0.25, -0.2) is 8.42 Å². The second-order valence-corrected chi connectivity index (χ2v) is 9.13. The van der Waals surface area contributed by atoms with E-state index in [1.165, 1.54) is 28.6 Å². The summed E-state index contributed by atoms with van der Waals surface area (Å²) in [6, 6.07) is 13.2. The number of piperidine rings is 1. The lowest BCUT2D eigenvalue weighted by atomic mass is 9.97. The van der Waals surface area contributed by atoms with Crippen LogP contribution in [-0.4, -0.2) is 31.7 Å². The predicted molar refractivity (Wildman–Crippen MR) is 107 cm³/mol. The molecular formula is C20H20ClN3O3S. The van der Waals surface area contributed by atoms with Gasteiger partial charge in [0.25, 0.3) is 0 Å². The van der Waals surface area contributed by atoms with Gasteiger partial charge in [-0.05, 0) is 61.7 Å². The SMILES string of the molecule is Cc1ccc(NC(=O)C2CCN(S(=O)(=O)c3ccc(C#N)cc3)CC2)c(Cl)c1. The molecule has 28 heavy (non-hydrogen) atoms. The van der Waals surface area contributed by atoms with Gasteiger partial charge in [-0.15, -0.1) is 0 Å². The molecule has 3 rings (SSSR count). The van der Waals surface area contributed by atoms with E-state index >= 15 is 0 Å². The zero-order chi connectivity index (χ0) is 20.3. The smallest absolute Gasteiger partial charge is 0.243 e. The van der Waals surface area contributed by atoms with Gasteiger partial charge in [0.05, 0.1) is 27.2 Å². The number of carbonyl (C=O) groups excluding carboxylic acids is 1. The fourth-order valence-electron chi connectivity index (χ4n) is 3.17. The highest BCUT2D eigenvalue weighted by Gasteiger charge is 2.32. The predicted octanol–water partition coefficient (Wildman–Crippen LogP) is 3.56. The number of nitrogens with zero attached hydrogens (tertiary/aromatic N) is 2. The summed E-state index contributed by atoms with van der Waals surface area (Å²) in [6.45, 7) is 2.45. The molecule has 0 atom stereocenters. The molecule has 1 heterocycles. The third-order valence-electron chi connectivity index (χ3n) is 4.83. The molecule has 0 radical (unpaired) electrons. The van der Waals surface area contributed by atoms with Crippen molar-refractivity contribution in [2.75, 3.05) is 18.4 Å². The molecule has 0 bridgehead atoms. The maximum Gasteiger partial charge on any atom is 0.243 e. The Morgan fingerprint density at radius 1 is 1.18 bits per heavy atom. The quantitative estimate of drug-likeness (QED) is 0.823. The molecule has 8 heteroatoms. The van der Waals surface area contributed by atoms with Crippen LogP contribution in [0.5, 0.6) is 0 Å². The number of rotatable bonds is 4. The van der Waals surface area contributed by atoms with Crippen LogP contribution in [0.1, 0.15) is 24.0 Å². The van der Waals surface area contributed by atoms with Crippen molar-refractivity contribution in [3.8, 4) is 6.07 Å². The fraction of sp³-hybridized carbons (Fsp3) is 0.300. The summed E-state index contributed by atoms with van der Waals surface area (Å²) in [5.74, 6) is -0.425. The van der Waals surface area contributed by atoms with Gasteiger partial charge in [-0.1, -0.05) is 17.7 Å². The lowest BCUT2D eigenvalue weighted by Gasteiger charge is -2.30. The second kappa shape index (κ2) is 8.31. The zero-order valence-electron chi connectivity index (χ0n) is 15.4. The molecule has 0 aromatic heterocycles. The third kappa shape index (κ3) is 4.36. The molecule has 1 aliphatic rings. The van der Waals surface area contributed by atoms with Crippen LogP contribution in [0, 0.1) is 24.2 Å². The minimum Gasteiger partial charge on any atom is -0.325 e. The van der Waals surface area contributed by atoms with Crippen molar-refractivity contribution in [2.24, 2.45) is 5.92 Å². The summed E-state index contributed by atoms with van der Waals surface area (Å²) < 4.78 is 26.9. The number of nitriles is 1. The molecule has 2 aromatic rings. The van der Waals surface area contributed by atoms with Crippen LogP contribution in [0.25, 0.3) is 0 Å². The van der Waals surface area contributed by atoms with E-state index in [0.717, 1.165) is 5.56 Å². The molecule has 6 nitrogen and oxygen atoms in total. The van der Waals surface area contributed by atoms with E-state index < -0.39 is 10.0 Å². The number of carbonyl (C=O) groups is 1. The van der Waals surface area contributed by atoms with Crippen LogP contribution in [0.2, 0.25) is 5.02 Å². The molecule has 0 spiro atoms. The molecular weight excluding hydrogens is 398 g/mol. The maximum atomic E-state index is 12.8. The molecule has 2 aromatic carbocycles. The van der Waals surface area contributed by atoms with Gasteiger partial charge in [-0.3, -0.25) is 4.79 Å². The van der Waals surface area contributed by atoms with Crippen LogP contribution in [-0.2, 0) is 14.8 Å². The largest absolute Gasteiger partial charge is 0.325 e. The normalized spacial score (nSPS) is 15.8. The van der Waals surface area contributed by atoms with E-state index in [4.69, 9.17) is 16.9 Å². The summed E-state index contributed by atoms with van der Waals surface area (Å²) in [6.07, 6.45) is 0.871. The Kier molecular flexibility index (Phi) is 6.04. The summed E-state index contributed by atoms with van der Waals surface area (Å²) in [5.41, 5.74) is 1.97. The summed E-state index contributed by atoms with van der Waals surface area (Å²) in [4.78, 5) is 12.7. The Bertz CT molecular complexity index is 1020. The topological polar surface area (TPSA) is 90.3 Å². The Hall–Kier alpha value is -2.40. The zero-order valence-corrected chi connectivity index (χ0v) is 16.9. The van der Waals surface area contributed by atoms with Crippen LogP contribution < -0.4 is 5.32 Å². The van der Waals surface area contributed by atoms with E-state index in [1.54, 1.807) is 12.1 Å². The Morgan fingerprint density at radius 2 is 1.82 bits per heavy atom. The summed E-state index contributed by atoms with van der Waals surface area (Å²) >= 11 is 6.16. The summed E-state index contributed by atoms with van der Waals surface area (Å²) in [7, 11) is -3.64.